The van der Waals surface area contributed by atoms with Crippen LogP contribution in [-0.4, -0.2) is 22.1 Å². The van der Waals surface area contributed by atoms with E-state index in [-0.39, 0.29) is 0 Å². The van der Waals surface area contributed by atoms with Crippen LogP contribution < -0.4 is 4.74 Å². The van der Waals surface area contributed by atoms with E-state index in [2.05, 4.69) is 15.0 Å². The lowest BCUT2D eigenvalue weighted by atomic mass is 10.4. The minimum absolute atomic E-state index is 0.822. The first-order valence-electron chi connectivity index (χ1n) is 4.92. The number of hydrogen-bond acceptors (Lipinski definition) is 4. The van der Waals surface area contributed by atoms with Gasteiger partial charge in [0, 0.05) is 30.4 Å². The lowest BCUT2D eigenvalue weighted by molar-refractivity contribution is 0.414. The molecule has 0 saturated heterocycles. The summed E-state index contributed by atoms with van der Waals surface area (Å²) in [6, 6.07) is 5.51. The van der Waals surface area contributed by atoms with Crippen LogP contribution in [0.1, 0.15) is 11.5 Å². The van der Waals surface area contributed by atoms with E-state index in [1.807, 2.05) is 26.0 Å². The van der Waals surface area contributed by atoms with Gasteiger partial charge < -0.3 is 4.74 Å². The number of aryl methyl sites for hydroxylation is 2. The Hall–Kier alpha value is -1.97. The van der Waals surface area contributed by atoms with Crippen molar-refractivity contribution in [2.75, 3.05) is 7.11 Å². The number of ether oxygens (including phenoxy) is 1. The molecule has 0 spiro atoms. The lowest BCUT2D eigenvalue weighted by Gasteiger charge is -1.97. The zero-order chi connectivity index (χ0) is 11.8. The topological polar surface area (TPSA) is 47.9 Å². The molecular formula is C12H15N3O. The van der Waals surface area contributed by atoms with Crippen molar-refractivity contribution < 1.29 is 4.74 Å². The molecule has 0 atom stereocenters. The molecule has 0 unspecified atom stereocenters. The highest BCUT2D eigenvalue weighted by atomic mass is 16.5. The van der Waals surface area contributed by atoms with Crippen molar-refractivity contribution in [2.45, 2.75) is 13.8 Å². The van der Waals surface area contributed by atoms with Crippen LogP contribution in [0.4, 0.5) is 0 Å². The largest absolute Gasteiger partial charge is 0.497 e. The molecule has 2 aromatic heterocycles. The molecule has 2 aromatic rings. The third-order valence-corrected chi connectivity index (χ3v) is 1.80. The maximum atomic E-state index is 4.96. The quantitative estimate of drug-likeness (QED) is 0.734. The summed E-state index contributed by atoms with van der Waals surface area (Å²) in [5.74, 6) is 1.69. The van der Waals surface area contributed by atoms with E-state index in [9.17, 15) is 0 Å². The van der Waals surface area contributed by atoms with Crippen molar-refractivity contribution >= 4 is 0 Å². The molecule has 4 heteroatoms. The SMILES string of the molecule is COc1ccnc(C)c1.Cc1ncccn1. The maximum absolute atomic E-state index is 4.96. The highest BCUT2D eigenvalue weighted by Gasteiger charge is 1.88. The number of hydrogen-bond donors (Lipinski definition) is 0. The summed E-state index contributed by atoms with van der Waals surface area (Å²) >= 11 is 0. The van der Waals surface area contributed by atoms with Crippen LogP contribution in [0.2, 0.25) is 0 Å². The number of rotatable bonds is 1. The zero-order valence-corrected chi connectivity index (χ0v) is 9.71. The van der Waals surface area contributed by atoms with Crippen LogP contribution in [0.25, 0.3) is 0 Å². The summed E-state index contributed by atoms with van der Waals surface area (Å²) in [7, 11) is 1.65. The first-order chi connectivity index (χ1) is 7.72. The summed E-state index contributed by atoms with van der Waals surface area (Å²) in [6.45, 7) is 3.79. The van der Waals surface area contributed by atoms with Crippen LogP contribution in [-0.2, 0) is 0 Å². The van der Waals surface area contributed by atoms with Gasteiger partial charge in [0.1, 0.15) is 11.6 Å². The standard InChI is InChI=1S/C7H9NO.C5H6N2/c1-6-5-7(9-2)3-4-8-6;1-5-6-3-2-4-7-5/h3-5H,1-2H3;2-4H,1H3. The van der Waals surface area contributed by atoms with Gasteiger partial charge in [0.15, 0.2) is 0 Å². The molecule has 84 valence electrons. The number of nitrogens with zero attached hydrogens (tertiary/aromatic N) is 3. The van der Waals surface area contributed by atoms with Crippen molar-refractivity contribution in [3.05, 3.63) is 48.3 Å². The molecule has 0 aliphatic rings. The maximum Gasteiger partial charge on any atom is 0.125 e. The molecule has 2 heterocycles. The molecule has 0 aliphatic heterocycles. The fourth-order valence-electron chi connectivity index (χ4n) is 1.02. The average Bonchev–Trinajstić information content (AvgIpc) is 2.31. The Morgan fingerprint density at radius 2 is 1.69 bits per heavy atom. The van der Waals surface area contributed by atoms with Gasteiger partial charge in [-0.3, -0.25) is 4.98 Å². The summed E-state index contributed by atoms with van der Waals surface area (Å²) in [5.41, 5.74) is 0.981. The molecule has 16 heavy (non-hydrogen) atoms. The lowest BCUT2D eigenvalue weighted by Crippen LogP contribution is -1.84. The molecule has 4 nitrogen and oxygen atoms in total. The third-order valence-electron chi connectivity index (χ3n) is 1.80. The molecule has 0 amide bonds. The fraction of sp³-hybridized carbons (Fsp3) is 0.250. The Labute approximate surface area is 95.4 Å². The van der Waals surface area contributed by atoms with E-state index in [0.29, 0.717) is 0 Å². The van der Waals surface area contributed by atoms with Crippen LogP contribution in [0.3, 0.4) is 0 Å². The summed E-state index contributed by atoms with van der Waals surface area (Å²) < 4.78 is 4.96. The molecule has 0 radical (unpaired) electrons. The Kier molecular flexibility index (Phi) is 4.92. The smallest absolute Gasteiger partial charge is 0.125 e. The van der Waals surface area contributed by atoms with Crippen LogP contribution >= 0.6 is 0 Å². The van der Waals surface area contributed by atoms with Crippen LogP contribution in [0.15, 0.2) is 36.8 Å². The fourth-order valence-corrected chi connectivity index (χ4v) is 1.02. The van der Waals surface area contributed by atoms with Gasteiger partial charge in [-0.1, -0.05) is 0 Å². The van der Waals surface area contributed by atoms with Crippen LogP contribution in [0, 0.1) is 13.8 Å². The van der Waals surface area contributed by atoms with Gasteiger partial charge in [0.25, 0.3) is 0 Å². The zero-order valence-electron chi connectivity index (χ0n) is 9.71. The van der Waals surface area contributed by atoms with Gasteiger partial charge in [0.2, 0.25) is 0 Å². The second kappa shape index (κ2) is 6.50. The first kappa shape index (κ1) is 12.1. The van der Waals surface area contributed by atoms with Crippen molar-refractivity contribution in [3.8, 4) is 5.75 Å². The minimum Gasteiger partial charge on any atom is -0.497 e. The first-order valence-corrected chi connectivity index (χ1v) is 4.92. The number of aromatic nitrogens is 3. The van der Waals surface area contributed by atoms with Gasteiger partial charge in [0.05, 0.1) is 7.11 Å². The van der Waals surface area contributed by atoms with E-state index in [1.165, 1.54) is 0 Å². The Morgan fingerprint density at radius 3 is 2.06 bits per heavy atom. The van der Waals surface area contributed by atoms with E-state index >= 15 is 0 Å². The number of methoxy groups -OCH3 is 1. The molecule has 0 aliphatic carbocycles. The highest BCUT2D eigenvalue weighted by Crippen LogP contribution is 2.07. The Morgan fingerprint density at radius 1 is 1.00 bits per heavy atom. The van der Waals surface area contributed by atoms with Crippen molar-refractivity contribution in [2.24, 2.45) is 0 Å². The summed E-state index contributed by atoms with van der Waals surface area (Å²) in [4.78, 5) is 11.7. The molecule has 0 saturated carbocycles. The molecular weight excluding hydrogens is 202 g/mol. The highest BCUT2D eigenvalue weighted by molar-refractivity contribution is 5.21. The summed E-state index contributed by atoms with van der Waals surface area (Å²) in [5, 5.41) is 0. The Balaban J connectivity index is 0.000000165. The number of pyridine rings is 1. The van der Waals surface area contributed by atoms with E-state index < -0.39 is 0 Å². The van der Waals surface area contributed by atoms with Crippen molar-refractivity contribution in [1.29, 1.82) is 0 Å². The normalized spacial score (nSPS) is 8.94. The monoisotopic (exact) mass is 217 g/mol. The third kappa shape index (κ3) is 4.50. The van der Waals surface area contributed by atoms with Crippen molar-refractivity contribution in [3.63, 3.8) is 0 Å². The Bertz CT molecular complexity index is 418. The van der Waals surface area contributed by atoms with Gasteiger partial charge in [-0.05, 0) is 26.0 Å². The summed E-state index contributed by atoms with van der Waals surface area (Å²) in [6.07, 6.45) is 5.18. The van der Waals surface area contributed by atoms with Gasteiger partial charge in [-0.15, -0.1) is 0 Å². The second-order valence-corrected chi connectivity index (χ2v) is 3.13. The molecule has 0 bridgehead atoms. The van der Waals surface area contributed by atoms with Gasteiger partial charge in [-0.25, -0.2) is 9.97 Å². The van der Waals surface area contributed by atoms with E-state index in [4.69, 9.17) is 4.74 Å². The molecule has 0 fully saturated rings. The predicted molar refractivity (Wildman–Crippen MR) is 62.3 cm³/mol. The van der Waals surface area contributed by atoms with Crippen LogP contribution in [0.5, 0.6) is 5.75 Å². The van der Waals surface area contributed by atoms with E-state index in [0.717, 1.165) is 17.3 Å². The second-order valence-electron chi connectivity index (χ2n) is 3.13. The van der Waals surface area contributed by atoms with E-state index in [1.54, 1.807) is 31.8 Å². The minimum atomic E-state index is 0.822. The molecule has 0 aromatic carbocycles. The van der Waals surface area contributed by atoms with Crippen molar-refractivity contribution in [1.82, 2.24) is 15.0 Å². The van der Waals surface area contributed by atoms with Gasteiger partial charge >= 0.3 is 0 Å². The average molecular weight is 217 g/mol. The predicted octanol–water partition coefficient (Wildman–Crippen LogP) is 2.18. The molecule has 2 rings (SSSR count). The molecule has 0 N–H and O–H groups in total. The van der Waals surface area contributed by atoms with Gasteiger partial charge in [-0.2, -0.15) is 0 Å².